The molecule has 3 heterocycles. The molecule has 47 heavy (non-hydrogen) atoms. The fourth-order valence-corrected chi connectivity index (χ4v) is 9.04. The lowest BCUT2D eigenvalue weighted by atomic mass is 9.76. The van der Waals surface area contributed by atoms with E-state index < -0.39 is 5.54 Å². The van der Waals surface area contributed by atoms with Crippen molar-refractivity contribution in [1.29, 1.82) is 0 Å². The zero-order valence-corrected chi connectivity index (χ0v) is 26.8. The Morgan fingerprint density at radius 2 is 1.28 bits per heavy atom. The number of anilines is 2. The number of fused-ring (bicyclic) bond motifs is 13. The molecule has 0 N–H and O–H groups in total. The van der Waals surface area contributed by atoms with E-state index in [9.17, 15) is 1.37 Å². The van der Waals surface area contributed by atoms with Crippen molar-refractivity contribution < 1.29 is 1.37 Å². The van der Waals surface area contributed by atoms with Crippen molar-refractivity contribution in [3.8, 4) is 22.4 Å². The van der Waals surface area contributed by atoms with Gasteiger partial charge in [0.25, 0.3) is 0 Å². The maximum atomic E-state index is 9.58. The summed E-state index contributed by atoms with van der Waals surface area (Å²) < 4.78 is 12.0. The molecule has 0 aliphatic carbocycles. The van der Waals surface area contributed by atoms with E-state index in [0.717, 1.165) is 55.3 Å². The topological polar surface area (TPSA) is 29.0 Å². The maximum Gasteiger partial charge on any atom is 0.231 e. The van der Waals surface area contributed by atoms with Crippen LogP contribution in [0, 0.1) is 0 Å². The quantitative estimate of drug-likeness (QED) is 0.193. The number of nitrogens with zero attached hydrogens (tertiary/aromatic N) is 3. The molecule has 0 saturated carbocycles. The SMILES string of the molecule is [2H]c1cc2ccccc2c2c1C(C)(C)N(c1nc(-c3ccccc3)c3ccccc3n1)c1c-2c2ccccc2c2c1sc1ccccc12. The Hall–Kier alpha value is -5.58. The van der Waals surface area contributed by atoms with Crippen molar-refractivity contribution in [3.63, 3.8) is 0 Å². The average molecular weight is 621 g/mol. The summed E-state index contributed by atoms with van der Waals surface area (Å²) in [6.45, 7) is 4.47. The summed E-state index contributed by atoms with van der Waals surface area (Å²) >= 11 is 1.83. The molecule has 3 nitrogen and oxygen atoms in total. The van der Waals surface area contributed by atoms with Gasteiger partial charge in [0.15, 0.2) is 0 Å². The monoisotopic (exact) mass is 620 g/mol. The fourth-order valence-electron chi connectivity index (χ4n) is 7.78. The predicted molar refractivity (Wildman–Crippen MR) is 200 cm³/mol. The van der Waals surface area contributed by atoms with Gasteiger partial charge in [0.2, 0.25) is 5.95 Å². The molecule has 4 heteroatoms. The molecular weight excluding hydrogens is 591 g/mol. The highest BCUT2D eigenvalue weighted by molar-refractivity contribution is 7.26. The van der Waals surface area contributed by atoms with Gasteiger partial charge in [-0.2, -0.15) is 0 Å². The maximum absolute atomic E-state index is 9.58. The first kappa shape index (κ1) is 25.6. The van der Waals surface area contributed by atoms with Crippen LogP contribution < -0.4 is 4.90 Å². The Labute approximate surface area is 277 Å². The summed E-state index contributed by atoms with van der Waals surface area (Å²) in [6, 6.07) is 47.3. The van der Waals surface area contributed by atoms with Crippen LogP contribution in [0.15, 0.2) is 140 Å². The van der Waals surface area contributed by atoms with Gasteiger partial charge < -0.3 is 0 Å². The Bertz CT molecular complexity index is 2780. The molecule has 0 spiro atoms. The first-order chi connectivity index (χ1) is 23.5. The molecule has 7 aromatic carbocycles. The van der Waals surface area contributed by atoms with Crippen LogP contribution >= 0.6 is 11.3 Å². The molecule has 0 radical (unpaired) electrons. The van der Waals surface area contributed by atoms with Gasteiger partial charge in [0.05, 0.1) is 28.5 Å². The second kappa shape index (κ2) is 9.71. The molecule has 10 rings (SSSR count). The normalized spacial score (nSPS) is 14.2. The minimum Gasteiger partial charge on any atom is -0.299 e. The minimum absolute atomic E-state index is 0.522. The van der Waals surface area contributed by atoms with Crippen LogP contribution in [0.25, 0.3) is 75.0 Å². The first-order valence-electron chi connectivity index (χ1n) is 16.5. The molecule has 1 aliphatic rings. The highest BCUT2D eigenvalue weighted by atomic mass is 32.1. The summed E-state index contributed by atoms with van der Waals surface area (Å²) in [5.74, 6) is 0.631. The molecule has 0 unspecified atom stereocenters. The van der Waals surface area contributed by atoms with Gasteiger partial charge in [-0.15, -0.1) is 11.3 Å². The van der Waals surface area contributed by atoms with Crippen molar-refractivity contribution in [2.24, 2.45) is 0 Å². The summed E-state index contributed by atoms with van der Waals surface area (Å²) in [5.41, 5.74) is 6.53. The Kier molecular flexibility index (Phi) is 5.29. The molecule has 0 atom stereocenters. The van der Waals surface area contributed by atoms with E-state index in [0.29, 0.717) is 12.0 Å². The van der Waals surface area contributed by atoms with Crippen LogP contribution in [0.1, 0.15) is 20.8 Å². The fraction of sp³-hybridized carbons (Fsp3) is 0.0698. The number of rotatable bonds is 2. The van der Waals surface area contributed by atoms with E-state index in [4.69, 9.17) is 9.97 Å². The van der Waals surface area contributed by atoms with Gasteiger partial charge in [-0.1, -0.05) is 127 Å². The molecule has 0 fully saturated rings. The van der Waals surface area contributed by atoms with Gasteiger partial charge in [0, 0.05) is 32.0 Å². The largest absolute Gasteiger partial charge is 0.299 e. The van der Waals surface area contributed by atoms with E-state index >= 15 is 0 Å². The number of para-hydroxylation sites is 1. The van der Waals surface area contributed by atoms with Crippen LogP contribution in [0.5, 0.6) is 0 Å². The van der Waals surface area contributed by atoms with Crippen molar-refractivity contribution >= 4 is 75.6 Å². The third-order valence-electron chi connectivity index (χ3n) is 9.85. The van der Waals surface area contributed by atoms with Crippen LogP contribution in [0.3, 0.4) is 0 Å². The molecule has 0 bridgehead atoms. The summed E-state index contributed by atoms with van der Waals surface area (Å²) in [5, 5.41) is 8.15. The second-order valence-electron chi connectivity index (χ2n) is 12.8. The van der Waals surface area contributed by atoms with Crippen LogP contribution in [-0.4, -0.2) is 9.97 Å². The molecule has 9 aromatic rings. The van der Waals surface area contributed by atoms with Crippen LogP contribution in [0.2, 0.25) is 0 Å². The lowest BCUT2D eigenvalue weighted by Gasteiger charge is -2.46. The van der Waals surface area contributed by atoms with Crippen LogP contribution in [-0.2, 0) is 5.54 Å². The predicted octanol–water partition coefficient (Wildman–Crippen LogP) is 12.0. The molecule has 0 amide bonds. The summed E-state index contributed by atoms with van der Waals surface area (Å²) in [6.07, 6.45) is 0. The van der Waals surface area contributed by atoms with Crippen LogP contribution in [0.4, 0.5) is 11.6 Å². The average Bonchev–Trinajstić information content (AvgIpc) is 3.51. The van der Waals surface area contributed by atoms with Gasteiger partial charge in [-0.3, -0.25) is 4.90 Å². The van der Waals surface area contributed by atoms with Crippen molar-refractivity contribution in [2.75, 3.05) is 4.90 Å². The van der Waals surface area contributed by atoms with E-state index in [1.54, 1.807) is 0 Å². The van der Waals surface area contributed by atoms with E-state index in [-0.39, 0.29) is 0 Å². The highest BCUT2D eigenvalue weighted by Gasteiger charge is 2.43. The van der Waals surface area contributed by atoms with E-state index in [1.807, 2.05) is 29.5 Å². The van der Waals surface area contributed by atoms with Gasteiger partial charge >= 0.3 is 0 Å². The summed E-state index contributed by atoms with van der Waals surface area (Å²) in [7, 11) is 0. The zero-order valence-electron chi connectivity index (χ0n) is 27.0. The number of hydrogen-bond donors (Lipinski definition) is 0. The summed E-state index contributed by atoms with van der Waals surface area (Å²) in [4.78, 5) is 13.1. The Balaban J connectivity index is 1.44. The number of aromatic nitrogens is 2. The lowest BCUT2D eigenvalue weighted by molar-refractivity contribution is 0.525. The van der Waals surface area contributed by atoms with Crippen molar-refractivity contribution in [2.45, 2.75) is 19.4 Å². The molecule has 2 aromatic heterocycles. The lowest BCUT2D eigenvalue weighted by Crippen LogP contribution is -2.42. The minimum atomic E-state index is -0.675. The van der Waals surface area contributed by atoms with Crippen molar-refractivity contribution in [1.82, 2.24) is 9.97 Å². The molecule has 0 saturated heterocycles. The Morgan fingerprint density at radius 3 is 2.11 bits per heavy atom. The first-order valence-corrected chi connectivity index (χ1v) is 16.8. The molecular formula is C43H29N3S. The smallest absolute Gasteiger partial charge is 0.231 e. The third kappa shape index (κ3) is 3.67. The van der Waals surface area contributed by atoms with Gasteiger partial charge in [0.1, 0.15) is 0 Å². The highest BCUT2D eigenvalue weighted by Crippen LogP contribution is 2.59. The zero-order chi connectivity index (χ0) is 32.1. The standard InChI is InChI=1S/C43H29N3S/c1-43(2)33-25-24-26-14-6-7-17-28(26)37(33)38-30-19-9-8-18-29(30)36-32-21-11-13-23-35(32)47-41(36)40(38)46(43)42-44-34-22-12-10-20-31(34)39(45-42)27-15-4-3-5-16-27/h3-25H,1-2H3/i25D. The molecule has 222 valence electrons. The van der Waals surface area contributed by atoms with Gasteiger partial charge in [-0.25, -0.2) is 9.97 Å². The third-order valence-corrected chi connectivity index (χ3v) is 11.0. The van der Waals surface area contributed by atoms with E-state index in [2.05, 4.69) is 134 Å². The van der Waals surface area contributed by atoms with Gasteiger partial charge in [-0.05, 0) is 58.7 Å². The second-order valence-corrected chi connectivity index (χ2v) is 13.9. The number of thiophene rings is 1. The van der Waals surface area contributed by atoms with E-state index in [1.165, 1.54) is 30.9 Å². The van der Waals surface area contributed by atoms with Crippen molar-refractivity contribution in [3.05, 3.63) is 145 Å². The molecule has 1 aliphatic heterocycles. The Morgan fingerprint density at radius 1 is 0.617 bits per heavy atom. The number of benzene rings is 7. The number of hydrogen-bond acceptors (Lipinski definition) is 4.